The summed E-state index contributed by atoms with van der Waals surface area (Å²) in [5.41, 5.74) is 5.35. The first-order valence-corrected chi connectivity index (χ1v) is 10.5. The first-order valence-electron chi connectivity index (χ1n) is 10.5. The molecule has 1 heterocycles. The normalized spacial score (nSPS) is 14.4. The molecule has 0 radical (unpaired) electrons. The SMILES string of the molecule is COc1cc2c(cc1OC)CN([C@H](C)C(=O)Nc1ccccc1-c1ccccc1)CC2. The van der Waals surface area contributed by atoms with Gasteiger partial charge in [0.2, 0.25) is 5.91 Å². The molecule has 3 aromatic rings. The van der Waals surface area contributed by atoms with E-state index in [9.17, 15) is 4.79 Å². The molecular weight excluding hydrogens is 388 g/mol. The fraction of sp³-hybridized carbons (Fsp3) is 0.269. The number of hydrogen-bond acceptors (Lipinski definition) is 4. The van der Waals surface area contributed by atoms with Crippen molar-refractivity contribution in [1.82, 2.24) is 4.90 Å². The van der Waals surface area contributed by atoms with Crippen LogP contribution in [0.3, 0.4) is 0 Å². The van der Waals surface area contributed by atoms with Crippen LogP contribution in [-0.4, -0.2) is 37.6 Å². The zero-order valence-electron chi connectivity index (χ0n) is 18.2. The van der Waals surface area contributed by atoms with Crippen LogP contribution >= 0.6 is 0 Å². The second-order valence-corrected chi connectivity index (χ2v) is 7.77. The number of para-hydroxylation sites is 1. The van der Waals surface area contributed by atoms with Gasteiger partial charge in [0, 0.05) is 24.3 Å². The molecule has 0 aliphatic carbocycles. The summed E-state index contributed by atoms with van der Waals surface area (Å²) in [7, 11) is 3.30. The summed E-state index contributed by atoms with van der Waals surface area (Å²) in [4.78, 5) is 15.3. The average molecular weight is 417 g/mol. The molecule has 1 aliphatic heterocycles. The molecule has 1 aliphatic rings. The van der Waals surface area contributed by atoms with Crippen molar-refractivity contribution in [3.63, 3.8) is 0 Å². The van der Waals surface area contributed by atoms with E-state index in [0.29, 0.717) is 6.54 Å². The number of rotatable bonds is 6. The minimum atomic E-state index is -0.259. The first kappa shape index (κ1) is 20.9. The molecule has 0 saturated carbocycles. The predicted octanol–water partition coefficient (Wildman–Crippen LogP) is 4.76. The Balaban J connectivity index is 1.50. The van der Waals surface area contributed by atoms with Crippen LogP contribution in [0.25, 0.3) is 11.1 Å². The molecular formula is C26H28N2O3. The standard InChI is InChI=1S/C26H28N2O3/c1-18(28-14-13-20-15-24(30-2)25(31-3)16-21(20)17-28)26(29)27-23-12-8-7-11-22(23)19-9-5-4-6-10-19/h4-12,15-16,18H,13-14,17H2,1-3H3,(H,27,29)/t18-/m1/s1. The highest BCUT2D eigenvalue weighted by molar-refractivity contribution is 5.98. The van der Waals surface area contributed by atoms with Gasteiger partial charge < -0.3 is 14.8 Å². The molecule has 1 N–H and O–H groups in total. The maximum atomic E-state index is 13.1. The van der Waals surface area contributed by atoms with E-state index < -0.39 is 0 Å². The number of benzene rings is 3. The van der Waals surface area contributed by atoms with Gasteiger partial charge in [0.05, 0.1) is 20.3 Å². The highest BCUT2D eigenvalue weighted by Gasteiger charge is 2.27. The number of fused-ring (bicyclic) bond motifs is 1. The largest absolute Gasteiger partial charge is 0.493 e. The quantitative estimate of drug-likeness (QED) is 0.630. The number of anilines is 1. The van der Waals surface area contributed by atoms with Crippen LogP contribution in [0.5, 0.6) is 11.5 Å². The lowest BCUT2D eigenvalue weighted by Gasteiger charge is -2.33. The predicted molar refractivity (Wildman–Crippen MR) is 124 cm³/mol. The Morgan fingerprint density at radius 3 is 2.29 bits per heavy atom. The summed E-state index contributed by atoms with van der Waals surface area (Å²) in [6, 6.07) is 21.8. The van der Waals surface area contributed by atoms with E-state index in [0.717, 1.165) is 41.3 Å². The molecule has 5 nitrogen and oxygen atoms in total. The highest BCUT2D eigenvalue weighted by Crippen LogP contribution is 2.34. The molecule has 0 unspecified atom stereocenters. The summed E-state index contributed by atoms with van der Waals surface area (Å²) in [5.74, 6) is 1.46. The van der Waals surface area contributed by atoms with E-state index in [1.54, 1.807) is 14.2 Å². The van der Waals surface area contributed by atoms with Crippen LogP contribution < -0.4 is 14.8 Å². The van der Waals surface area contributed by atoms with Crippen molar-refractivity contribution in [3.05, 3.63) is 77.9 Å². The van der Waals surface area contributed by atoms with Crippen LogP contribution in [0.2, 0.25) is 0 Å². The molecule has 3 aromatic carbocycles. The van der Waals surface area contributed by atoms with E-state index in [1.165, 1.54) is 11.1 Å². The molecule has 0 saturated heterocycles. The molecule has 31 heavy (non-hydrogen) atoms. The summed E-state index contributed by atoms with van der Waals surface area (Å²) >= 11 is 0. The van der Waals surface area contributed by atoms with Gasteiger partial charge in [-0.05, 0) is 48.2 Å². The van der Waals surface area contributed by atoms with E-state index >= 15 is 0 Å². The number of hydrogen-bond donors (Lipinski definition) is 1. The van der Waals surface area contributed by atoms with Crippen molar-refractivity contribution in [3.8, 4) is 22.6 Å². The van der Waals surface area contributed by atoms with Crippen LogP contribution in [0, 0.1) is 0 Å². The summed E-state index contributed by atoms with van der Waals surface area (Å²) in [6.45, 7) is 3.48. The average Bonchev–Trinajstić information content (AvgIpc) is 2.83. The topological polar surface area (TPSA) is 50.8 Å². The Kier molecular flexibility index (Phi) is 6.23. The molecule has 4 rings (SSSR count). The second-order valence-electron chi connectivity index (χ2n) is 7.77. The van der Waals surface area contributed by atoms with Crippen LogP contribution in [0.1, 0.15) is 18.1 Å². The van der Waals surface area contributed by atoms with Gasteiger partial charge in [0.15, 0.2) is 11.5 Å². The van der Waals surface area contributed by atoms with Crippen molar-refractivity contribution >= 4 is 11.6 Å². The Morgan fingerprint density at radius 1 is 0.935 bits per heavy atom. The summed E-state index contributed by atoms with van der Waals surface area (Å²) in [5, 5.41) is 3.15. The fourth-order valence-electron chi connectivity index (χ4n) is 4.10. The van der Waals surface area contributed by atoms with Gasteiger partial charge >= 0.3 is 0 Å². The van der Waals surface area contributed by atoms with E-state index in [4.69, 9.17) is 9.47 Å². The highest BCUT2D eigenvalue weighted by atomic mass is 16.5. The molecule has 0 aromatic heterocycles. The second kappa shape index (κ2) is 9.23. The number of nitrogens with one attached hydrogen (secondary N) is 1. The molecule has 160 valence electrons. The van der Waals surface area contributed by atoms with E-state index in [2.05, 4.69) is 22.3 Å². The van der Waals surface area contributed by atoms with Gasteiger partial charge in [-0.25, -0.2) is 0 Å². The lowest BCUT2D eigenvalue weighted by Crippen LogP contribution is -2.44. The van der Waals surface area contributed by atoms with Crippen molar-refractivity contribution in [2.75, 3.05) is 26.1 Å². The minimum Gasteiger partial charge on any atom is -0.493 e. The van der Waals surface area contributed by atoms with E-state index in [-0.39, 0.29) is 11.9 Å². The molecule has 1 amide bonds. The number of amides is 1. The number of ether oxygens (including phenoxy) is 2. The molecule has 5 heteroatoms. The maximum Gasteiger partial charge on any atom is 0.241 e. The van der Waals surface area contributed by atoms with Gasteiger partial charge in [0.1, 0.15) is 0 Å². The lowest BCUT2D eigenvalue weighted by molar-refractivity contribution is -0.121. The van der Waals surface area contributed by atoms with Gasteiger partial charge in [-0.15, -0.1) is 0 Å². The molecule has 0 bridgehead atoms. The van der Waals surface area contributed by atoms with Crippen molar-refractivity contribution in [2.24, 2.45) is 0 Å². The summed E-state index contributed by atoms with van der Waals surface area (Å²) < 4.78 is 10.9. The maximum absolute atomic E-state index is 13.1. The van der Waals surface area contributed by atoms with Gasteiger partial charge in [-0.3, -0.25) is 9.69 Å². The van der Waals surface area contributed by atoms with Gasteiger partial charge in [-0.1, -0.05) is 48.5 Å². The van der Waals surface area contributed by atoms with Gasteiger partial charge in [0.25, 0.3) is 0 Å². The molecule has 0 fully saturated rings. The Labute approximate surface area is 183 Å². The Bertz CT molecular complexity index is 1070. The van der Waals surface area contributed by atoms with Crippen LogP contribution in [0.15, 0.2) is 66.7 Å². The van der Waals surface area contributed by atoms with Crippen LogP contribution in [-0.2, 0) is 17.8 Å². The van der Waals surface area contributed by atoms with Crippen molar-refractivity contribution in [2.45, 2.75) is 25.9 Å². The third-order valence-corrected chi connectivity index (χ3v) is 5.94. The first-order chi connectivity index (χ1) is 15.1. The Morgan fingerprint density at radius 2 is 1.58 bits per heavy atom. The number of methoxy groups -OCH3 is 2. The summed E-state index contributed by atoms with van der Waals surface area (Å²) in [6.07, 6.45) is 0.869. The van der Waals surface area contributed by atoms with Gasteiger partial charge in [-0.2, -0.15) is 0 Å². The zero-order valence-corrected chi connectivity index (χ0v) is 18.2. The monoisotopic (exact) mass is 416 g/mol. The third kappa shape index (κ3) is 4.42. The smallest absolute Gasteiger partial charge is 0.241 e. The number of nitrogens with zero attached hydrogens (tertiary/aromatic N) is 1. The number of carbonyl (C=O) groups excluding carboxylic acids is 1. The Hall–Kier alpha value is -3.31. The van der Waals surface area contributed by atoms with Crippen molar-refractivity contribution in [1.29, 1.82) is 0 Å². The van der Waals surface area contributed by atoms with Crippen LogP contribution in [0.4, 0.5) is 5.69 Å². The zero-order chi connectivity index (χ0) is 21.8. The van der Waals surface area contributed by atoms with Crippen molar-refractivity contribution < 1.29 is 14.3 Å². The minimum absolute atomic E-state index is 0.00712. The molecule has 1 atom stereocenters. The lowest BCUT2D eigenvalue weighted by atomic mass is 9.97. The third-order valence-electron chi connectivity index (χ3n) is 5.94. The fourth-order valence-corrected chi connectivity index (χ4v) is 4.10. The number of carbonyl (C=O) groups is 1. The molecule has 0 spiro atoms. The van der Waals surface area contributed by atoms with E-state index in [1.807, 2.05) is 61.5 Å².